The third kappa shape index (κ3) is 1.70. The number of thiophene rings is 1. The number of hydrogen-bond donors (Lipinski definition) is 0. The topological polar surface area (TPSA) is 25.8 Å². The molecule has 0 spiro atoms. The third-order valence-corrected chi connectivity index (χ3v) is 4.31. The van der Waals surface area contributed by atoms with Gasteiger partial charge in [-0.15, -0.1) is 22.9 Å². The molecule has 0 unspecified atom stereocenters. The summed E-state index contributed by atoms with van der Waals surface area (Å²) in [5.41, 5.74) is 3.31. The largest absolute Gasteiger partial charge is 0.235 e. The smallest absolute Gasteiger partial charge is 0.144 e. The first-order valence-electron chi connectivity index (χ1n) is 5.41. The first kappa shape index (κ1) is 10.9. The molecule has 0 saturated heterocycles. The summed E-state index contributed by atoms with van der Waals surface area (Å²) >= 11 is 7.58. The van der Waals surface area contributed by atoms with Crippen LogP contribution in [0, 0.1) is 13.8 Å². The molecule has 86 valence electrons. The second kappa shape index (κ2) is 3.93. The van der Waals surface area contributed by atoms with Gasteiger partial charge in [0.1, 0.15) is 5.82 Å². The number of hydrogen-bond acceptors (Lipinski definition) is 3. The summed E-state index contributed by atoms with van der Waals surface area (Å²) in [6.45, 7) is 4.11. The maximum Gasteiger partial charge on any atom is 0.144 e. The molecule has 2 heterocycles. The number of aromatic nitrogens is 2. The first-order chi connectivity index (χ1) is 8.19. The Hall–Kier alpha value is -1.19. The van der Waals surface area contributed by atoms with Crippen molar-refractivity contribution in [1.29, 1.82) is 0 Å². The number of alkyl halides is 1. The van der Waals surface area contributed by atoms with Gasteiger partial charge in [-0.2, -0.15) is 0 Å². The Morgan fingerprint density at radius 1 is 1.24 bits per heavy atom. The molecule has 0 N–H and O–H groups in total. The Kier molecular flexibility index (Phi) is 2.53. The summed E-state index contributed by atoms with van der Waals surface area (Å²) in [4.78, 5) is 8.96. The highest BCUT2D eigenvalue weighted by Crippen LogP contribution is 2.34. The van der Waals surface area contributed by atoms with Gasteiger partial charge in [-0.05, 0) is 26.0 Å². The lowest BCUT2D eigenvalue weighted by Crippen LogP contribution is -1.93. The molecule has 0 saturated carbocycles. The third-order valence-electron chi connectivity index (χ3n) is 2.80. The minimum Gasteiger partial charge on any atom is -0.235 e. The molecule has 2 nitrogen and oxygen atoms in total. The lowest BCUT2D eigenvalue weighted by atomic mass is 10.1. The van der Waals surface area contributed by atoms with Crippen molar-refractivity contribution in [3.8, 4) is 0 Å². The molecule has 0 aliphatic heterocycles. The van der Waals surface area contributed by atoms with E-state index in [0.29, 0.717) is 11.7 Å². The van der Waals surface area contributed by atoms with Crippen molar-refractivity contribution in [2.45, 2.75) is 19.7 Å². The van der Waals surface area contributed by atoms with Gasteiger partial charge in [-0.3, -0.25) is 0 Å². The zero-order valence-electron chi connectivity index (χ0n) is 9.62. The van der Waals surface area contributed by atoms with E-state index in [1.807, 2.05) is 6.92 Å². The number of rotatable bonds is 1. The molecular weight excluding hydrogens is 252 g/mol. The molecule has 4 heteroatoms. The monoisotopic (exact) mass is 262 g/mol. The fraction of sp³-hybridized carbons (Fsp3) is 0.231. The van der Waals surface area contributed by atoms with E-state index in [9.17, 15) is 0 Å². The summed E-state index contributed by atoms with van der Waals surface area (Å²) in [5.74, 6) is 1.07. The van der Waals surface area contributed by atoms with Crippen molar-refractivity contribution in [3.05, 3.63) is 35.3 Å². The number of halogens is 1. The normalized spacial score (nSPS) is 11.5. The molecule has 17 heavy (non-hydrogen) atoms. The van der Waals surface area contributed by atoms with E-state index in [1.54, 1.807) is 11.3 Å². The molecule has 3 rings (SSSR count). The molecule has 0 amide bonds. The van der Waals surface area contributed by atoms with Gasteiger partial charge in [-0.1, -0.05) is 11.6 Å². The lowest BCUT2D eigenvalue weighted by molar-refractivity contribution is 1.03. The number of benzene rings is 1. The summed E-state index contributed by atoms with van der Waals surface area (Å²) in [7, 11) is 0. The summed E-state index contributed by atoms with van der Waals surface area (Å²) in [6.07, 6.45) is 0. The fourth-order valence-electron chi connectivity index (χ4n) is 2.01. The highest BCUT2D eigenvalue weighted by atomic mass is 35.5. The molecular formula is C13H11ClN2S. The van der Waals surface area contributed by atoms with Gasteiger partial charge in [0.05, 0.1) is 21.8 Å². The lowest BCUT2D eigenvalue weighted by Gasteiger charge is -1.99. The second-order valence-corrected chi connectivity index (χ2v) is 5.46. The van der Waals surface area contributed by atoms with E-state index in [4.69, 9.17) is 11.6 Å². The van der Waals surface area contributed by atoms with Crippen LogP contribution in [0.2, 0.25) is 0 Å². The maximum absolute atomic E-state index is 5.83. The van der Waals surface area contributed by atoms with Crippen LogP contribution < -0.4 is 0 Å². The van der Waals surface area contributed by atoms with Crippen LogP contribution in [-0.4, -0.2) is 9.97 Å². The van der Waals surface area contributed by atoms with E-state index in [2.05, 4.69) is 35.1 Å². The standard InChI is InChI=1S/C13H11ClN2S/c1-7-3-4-10-9(5-7)12-13(17-10)8(2)15-11(6-14)16-12/h3-5H,6H2,1-2H3. The van der Waals surface area contributed by atoms with Gasteiger partial charge >= 0.3 is 0 Å². The van der Waals surface area contributed by atoms with Crippen LogP contribution in [0.1, 0.15) is 17.1 Å². The number of nitrogens with zero attached hydrogens (tertiary/aromatic N) is 2. The summed E-state index contributed by atoms with van der Waals surface area (Å²) in [5, 5.41) is 1.21. The van der Waals surface area contributed by atoms with Crippen molar-refractivity contribution in [2.75, 3.05) is 0 Å². The van der Waals surface area contributed by atoms with Crippen LogP contribution in [0.25, 0.3) is 20.3 Å². The molecule has 0 atom stereocenters. The predicted octanol–water partition coefficient (Wildman–Crippen LogP) is 4.20. The Balaban J connectivity index is 2.49. The van der Waals surface area contributed by atoms with Gasteiger partial charge in [-0.25, -0.2) is 9.97 Å². The average molecular weight is 263 g/mol. The molecule has 0 fully saturated rings. The Bertz CT molecular complexity index is 718. The van der Waals surface area contributed by atoms with Crippen molar-refractivity contribution in [2.24, 2.45) is 0 Å². The van der Waals surface area contributed by atoms with E-state index < -0.39 is 0 Å². The number of aryl methyl sites for hydroxylation is 2. The molecule has 0 bridgehead atoms. The van der Waals surface area contributed by atoms with Gasteiger partial charge in [0.15, 0.2) is 0 Å². The first-order valence-corrected chi connectivity index (χ1v) is 6.76. The minimum absolute atomic E-state index is 0.361. The minimum atomic E-state index is 0.361. The van der Waals surface area contributed by atoms with Crippen LogP contribution in [0.5, 0.6) is 0 Å². The van der Waals surface area contributed by atoms with Gasteiger partial charge in [0, 0.05) is 10.1 Å². The van der Waals surface area contributed by atoms with Crippen LogP contribution in [0.15, 0.2) is 18.2 Å². The molecule has 0 radical (unpaired) electrons. The molecule has 3 aromatic rings. The molecule has 1 aromatic carbocycles. The van der Waals surface area contributed by atoms with E-state index >= 15 is 0 Å². The molecule has 0 aliphatic carbocycles. The van der Waals surface area contributed by atoms with Gasteiger partial charge < -0.3 is 0 Å². The van der Waals surface area contributed by atoms with Crippen LogP contribution in [0.4, 0.5) is 0 Å². The van der Waals surface area contributed by atoms with Crippen molar-refractivity contribution in [3.63, 3.8) is 0 Å². The number of fused-ring (bicyclic) bond motifs is 3. The SMILES string of the molecule is Cc1ccc2sc3c(C)nc(CCl)nc3c2c1. The zero-order valence-corrected chi connectivity index (χ0v) is 11.2. The average Bonchev–Trinajstić information content (AvgIpc) is 2.68. The van der Waals surface area contributed by atoms with Crippen LogP contribution in [0.3, 0.4) is 0 Å². The fourth-order valence-corrected chi connectivity index (χ4v) is 3.20. The molecule has 2 aromatic heterocycles. The zero-order chi connectivity index (χ0) is 12.0. The molecule has 0 aliphatic rings. The highest BCUT2D eigenvalue weighted by Gasteiger charge is 2.11. The van der Waals surface area contributed by atoms with Crippen LogP contribution >= 0.6 is 22.9 Å². The predicted molar refractivity (Wildman–Crippen MR) is 74.0 cm³/mol. The van der Waals surface area contributed by atoms with E-state index in [-0.39, 0.29) is 0 Å². The van der Waals surface area contributed by atoms with Gasteiger partial charge in [0.2, 0.25) is 0 Å². The van der Waals surface area contributed by atoms with Gasteiger partial charge in [0.25, 0.3) is 0 Å². The van der Waals surface area contributed by atoms with Crippen molar-refractivity contribution in [1.82, 2.24) is 9.97 Å². The Morgan fingerprint density at radius 3 is 2.82 bits per heavy atom. The highest BCUT2D eigenvalue weighted by molar-refractivity contribution is 7.25. The Morgan fingerprint density at radius 2 is 2.06 bits per heavy atom. The second-order valence-electron chi connectivity index (χ2n) is 4.14. The summed E-state index contributed by atoms with van der Waals surface area (Å²) < 4.78 is 2.43. The van der Waals surface area contributed by atoms with Crippen LogP contribution in [-0.2, 0) is 5.88 Å². The van der Waals surface area contributed by atoms with E-state index in [0.717, 1.165) is 11.2 Å². The Labute approximate surface area is 108 Å². The van der Waals surface area contributed by atoms with Crippen molar-refractivity contribution < 1.29 is 0 Å². The maximum atomic E-state index is 5.83. The van der Waals surface area contributed by atoms with E-state index in [1.165, 1.54) is 20.3 Å². The quantitative estimate of drug-likeness (QED) is 0.614. The van der Waals surface area contributed by atoms with Crippen molar-refractivity contribution >= 4 is 43.2 Å². The summed E-state index contributed by atoms with van der Waals surface area (Å²) in [6, 6.07) is 6.46.